The molecule has 0 aliphatic rings. The number of nitrogens with zero attached hydrogens (tertiary/aromatic N) is 2. The van der Waals surface area contributed by atoms with Crippen LogP contribution >= 0.6 is 11.3 Å². The number of aromatic nitrogens is 2. The van der Waals surface area contributed by atoms with Gasteiger partial charge in [0.15, 0.2) is 17.5 Å². The van der Waals surface area contributed by atoms with Gasteiger partial charge in [-0.3, -0.25) is 9.78 Å². The van der Waals surface area contributed by atoms with E-state index in [1.807, 2.05) is 0 Å². The van der Waals surface area contributed by atoms with Crippen LogP contribution in [-0.2, 0) is 6.54 Å². The second-order valence-corrected chi connectivity index (χ2v) is 5.64. The first-order chi connectivity index (χ1) is 11.6. The summed E-state index contributed by atoms with van der Waals surface area (Å²) in [5.41, 5.74) is 0.904. The largest absolute Gasteiger partial charge is 0.346 e. The van der Waals surface area contributed by atoms with E-state index in [1.165, 1.54) is 11.3 Å². The minimum atomic E-state index is -1.67. The summed E-state index contributed by atoms with van der Waals surface area (Å²) < 4.78 is 39.6. The molecule has 2 heterocycles. The van der Waals surface area contributed by atoms with E-state index in [4.69, 9.17) is 0 Å². The monoisotopic (exact) mass is 349 g/mol. The molecule has 24 heavy (non-hydrogen) atoms. The van der Waals surface area contributed by atoms with E-state index in [0.717, 1.165) is 16.6 Å². The summed E-state index contributed by atoms with van der Waals surface area (Å²) in [5, 5.41) is 4.93. The van der Waals surface area contributed by atoms with Crippen LogP contribution in [0.15, 0.2) is 42.0 Å². The average Bonchev–Trinajstić information content (AvgIpc) is 3.07. The highest BCUT2D eigenvalue weighted by molar-refractivity contribution is 7.13. The van der Waals surface area contributed by atoms with Gasteiger partial charge in [-0.05, 0) is 24.3 Å². The lowest BCUT2D eigenvalue weighted by Crippen LogP contribution is -2.24. The number of amides is 1. The third-order valence-corrected chi connectivity index (χ3v) is 4.13. The van der Waals surface area contributed by atoms with Crippen LogP contribution < -0.4 is 5.32 Å². The van der Waals surface area contributed by atoms with Gasteiger partial charge in [0, 0.05) is 23.3 Å². The van der Waals surface area contributed by atoms with E-state index in [1.54, 1.807) is 29.9 Å². The van der Waals surface area contributed by atoms with Gasteiger partial charge < -0.3 is 5.32 Å². The molecule has 0 aliphatic carbocycles. The van der Waals surface area contributed by atoms with Gasteiger partial charge in [0.25, 0.3) is 5.91 Å². The summed E-state index contributed by atoms with van der Waals surface area (Å²) in [4.78, 5) is 20.2. The summed E-state index contributed by atoms with van der Waals surface area (Å²) in [6.45, 7) is 0.0405. The first-order valence-electron chi connectivity index (χ1n) is 6.82. The van der Waals surface area contributed by atoms with Gasteiger partial charge in [0.2, 0.25) is 0 Å². The maximum atomic E-state index is 13.6. The minimum absolute atomic E-state index is 0.0405. The predicted molar refractivity (Wildman–Crippen MR) is 82.8 cm³/mol. The van der Waals surface area contributed by atoms with Gasteiger partial charge in [0.05, 0.1) is 17.8 Å². The van der Waals surface area contributed by atoms with Crippen LogP contribution in [0.5, 0.6) is 0 Å². The molecule has 1 N–H and O–H groups in total. The Morgan fingerprint density at radius 3 is 2.58 bits per heavy atom. The van der Waals surface area contributed by atoms with Crippen LogP contribution in [0.3, 0.4) is 0 Å². The highest BCUT2D eigenvalue weighted by Gasteiger charge is 2.18. The molecule has 0 atom stereocenters. The van der Waals surface area contributed by atoms with Crippen LogP contribution in [0.1, 0.15) is 16.1 Å². The molecule has 0 saturated carbocycles. The summed E-state index contributed by atoms with van der Waals surface area (Å²) in [6.07, 6.45) is 3.29. The highest BCUT2D eigenvalue weighted by atomic mass is 32.1. The summed E-state index contributed by atoms with van der Waals surface area (Å²) in [7, 11) is 0. The van der Waals surface area contributed by atoms with Crippen molar-refractivity contribution in [3.05, 3.63) is 70.7 Å². The zero-order valence-corrected chi connectivity index (χ0v) is 12.9. The number of thiazole rings is 1. The number of hydrogen-bond acceptors (Lipinski definition) is 4. The minimum Gasteiger partial charge on any atom is -0.346 e. The summed E-state index contributed by atoms with van der Waals surface area (Å²) in [6, 6.07) is 5.21. The molecule has 8 heteroatoms. The Balaban J connectivity index is 1.69. The van der Waals surface area contributed by atoms with Crippen LogP contribution in [0.25, 0.3) is 10.6 Å². The molecule has 0 unspecified atom stereocenters. The zero-order valence-electron chi connectivity index (χ0n) is 12.1. The van der Waals surface area contributed by atoms with Crippen molar-refractivity contribution in [2.24, 2.45) is 0 Å². The number of carbonyl (C=O) groups excluding carboxylic acids is 1. The quantitative estimate of drug-likeness (QED) is 0.733. The Labute approximate surface area is 139 Å². The Bertz CT molecular complexity index is 884. The van der Waals surface area contributed by atoms with Crippen molar-refractivity contribution in [2.45, 2.75) is 6.54 Å². The van der Waals surface area contributed by atoms with E-state index >= 15 is 0 Å². The number of carbonyl (C=O) groups is 1. The van der Waals surface area contributed by atoms with Crippen molar-refractivity contribution in [1.29, 1.82) is 0 Å². The molecule has 2 aromatic heterocycles. The average molecular weight is 349 g/mol. The molecule has 1 aromatic carbocycles. The van der Waals surface area contributed by atoms with Crippen LogP contribution in [0.2, 0.25) is 0 Å². The van der Waals surface area contributed by atoms with E-state index in [0.29, 0.717) is 11.8 Å². The van der Waals surface area contributed by atoms with Gasteiger partial charge in [0.1, 0.15) is 5.01 Å². The standard InChI is InChI=1S/C16H10F3N3OS/c17-12-2-1-11(13(18)14(12)19)15(23)21-7-10-8-24-16(22-10)9-3-5-20-6-4-9/h1-6,8H,7H2,(H,21,23). The molecule has 3 rings (SSSR count). The number of nitrogens with one attached hydrogen (secondary N) is 1. The number of benzene rings is 1. The topological polar surface area (TPSA) is 54.9 Å². The van der Waals surface area contributed by atoms with Crippen molar-refractivity contribution >= 4 is 17.2 Å². The summed E-state index contributed by atoms with van der Waals surface area (Å²) >= 11 is 1.38. The molecule has 0 spiro atoms. The fourth-order valence-corrected chi connectivity index (χ4v) is 2.81. The van der Waals surface area contributed by atoms with Gasteiger partial charge in [-0.1, -0.05) is 0 Å². The second kappa shape index (κ2) is 6.79. The Morgan fingerprint density at radius 2 is 1.83 bits per heavy atom. The molecule has 0 fully saturated rings. The molecule has 3 aromatic rings. The number of hydrogen-bond donors (Lipinski definition) is 1. The van der Waals surface area contributed by atoms with Crippen LogP contribution in [0, 0.1) is 17.5 Å². The van der Waals surface area contributed by atoms with E-state index in [9.17, 15) is 18.0 Å². The van der Waals surface area contributed by atoms with Gasteiger partial charge in [-0.2, -0.15) is 0 Å². The van der Waals surface area contributed by atoms with E-state index in [2.05, 4.69) is 15.3 Å². The van der Waals surface area contributed by atoms with E-state index in [-0.39, 0.29) is 6.54 Å². The fourth-order valence-electron chi connectivity index (χ4n) is 1.98. The Kier molecular flexibility index (Phi) is 4.57. The smallest absolute Gasteiger partial charge is 0.254 e. The molecular weight excluding hydrogens is 339 g/mol. The van der Waals surface area contributed by atoms with Crippen molar-refractivity contribution < 1.29 is 18.0 Å². The SMILES string of the molecule is O=C(NCc1csc(-c2ccncc2)n1)c1ccc(F)c(F)c1F. The lowest BCUT2D eigenvalue weighted by Gasteiger charge is -2.05. The normalized spacial score (nSPS) is 10.6. The van der Waals surface area contributed by atoms with Crippen molar-refractivity contribution in [1.82, 2.24) is 15.3 Å². The second-order valence-electron chi connectivity index (χ2n) is 4.79. The first-order valence-corrected chi connectivity index (χ1v) is 7.70. The van der Waals surface area contributed by atoms with Gasteiger partial charge in [-0.15, -0.1) is 11.3 Å². The van der Waals surface area contributed by atoms with Gasteiger partial charge >= 0.3 is 0 Å². The number of rotatable bonds is 4. The number of halogens is 3. The first kappa shape index (κ1) is 16.1. The third kappa shape index (κ3) is 3.28. The van der Waals surface area contributed by atoms with Crippen molar-refractivity contribution in [3.63, 3.8) is 0 Å². The molecule has 122 valence electrons. The zero-order chi connectivity index (χ0) is 17.1. The fraction of sp³-hybridized carbons (Fsp3) is 0.0625. The lowest BCUT2D eigenvalue weighted by atomic mass is 10.2. The molecule has 0 saturated heterocycles. The van der Waals surface area contributed by atoms with Crippen LogP contribution in [-0.4, -0.2) is 15.9 Å². The summed E-state index contributed by atoms with van der Waals surface area (Å²) in [5.74, 6) is -5.37. The Hall–Kier alpha value is -2.74. The maximum absolute atomic E-state index is 13.6. The lowest BCUT2D eigenvalue weighted by molar-refractivity contribution is 0.0945. The number of pyridine rings is 1. The predicted octanol–water partition coefficient (Wildman–Crippen LogP) is 3.55. The maximum Gasteiger partial charge on any atom is 0.254 e. The van der Waals surface area contributed by atoms with Crippen molar-refractivity contribution in [3.8, 4) is 10.6 Å². The third-order valence-electron chi connectivity index (χ3n) is 3.19. The molecule has 1 amide bonds. The van der Waals surface area contributed by atoms with Crippen LogP contribution in [0.4, 0.5) is 13.2 Å². The molecule has 0 bridgehead atoms. The Morgan fingerprint density at radius 1 is 1.08 bits per heavy atom. The van der Waals surface area contributed by atoms with Crippen molar-refractivity contribution in [2.75, 3.05) is 0 Å². The molecule has 0 radical (unpaired) electrons. The molecule has 0 aliphatic heterocycles. The molecule has 4 nitrogen and oxygen atoms in total. The molecular formula is C16H10F3N3OS. The van der Waals surface area contributed by atoms with E-state index < -0.39 is 28.9 Å². The van der Waals surface area contributed by atoms with Gasteiger partial charge in [-0.25, -0.2) is 18.2 Å². The highest BCUT2D eigenvalue weighted by Crippen LogP contribution is 2.23.